The van der Waals surface area contributed by atoms with Crippen LogP contribution in [-0.4, -0.2) is 31.2 Å². The van der Waals surface area contributed by atoms with Crippen molar-refractivity contribution in [1.29, 1.82) is 0 Å². The van der Waals surface area contributed by atoms with Crippen LogP contribution in [0.3, 0.4) is 0 Å². The van der Waals surface area contributed by atoms with Crippen LogP contribution in [0.2, 0.25) is 0 Å². The summed E-state index contributed by atoms with van der Waals surface area (Å²) in [5.41, 5.74) is 2.71. The molecule has 2 heteroatoms. The molecule has 1 heterocycles. The highest BCUT2D eigenvalue weighted by atomic mass is 16.5. The van der Waals surface area contributed by atoms with E-state index in [2.05, 4.69) is 43.1 Å². The van der Waals surface area contributed by atoms with Gasteiger partial charge in [0.15, 0.2) is 0 Å². The summed E-state index contributed by atoms with van der Waals surface area (Å²) in [6.07, 6.45) is 2.90. The Kier molecular flexibility index (Phi) is 3.97. The van der Waals surface area contributed by atoms with Crippen molar-refractivity contribution in [2.45, 2.75) is 32.4 Å². The van der Waals surface area contributed by atoms with Gasteiger partial charge in [-0.1, -0.05) is 29.8 Å². The van der Waals surface area contributed by atoms with Crippen molar-refractivity contribution in [3.05, 3.63) is 35.4 Å². The average Bonchev–Trinajstić information content (AvgIpc) is 2.74. The van der Waals surface area contributed by atoms with Crippen molar-refractivity contribution in [3.8, 4) is 0 Å². The van der Waals surface area contributed by atoms with Crippen LogP contribution in [0, 0.1) is 6.92 Å². The Bertz CT molecular complexity index is 314. The lowest BCUT2D eigenvalue weighted by atomic mass is 10.1. The summed E-state index contributed by atoms with van der Waals surface area (Å²) in [6, 6.07) is 8.77. The first-order valence-corrected chi connectivity index (χ1v) is 6.10. The number of likely N-dealkylation sites (N-methyl/N-ethyl adjacent to an activating group) is 1. The second-order valence-corrected chi connectivity index (χ2v) is 4.82. The fraction of sp³-hybridized carbons (Fsp3) is 0.571. The van der Waals surface area contributed by atoms with Crippen LogP contribution in [0.5, 0.6) is 0 Å². The summed E-state index contributed by atoms with van der Waals surface area (Å²) >= 11 is 0. The zero-order valence-corrected chi connectivity index (χ0v) is 10.3. The maximum absolute atomic E-state index is 5.64. The Morgan fingerprint density at radius 1 is 1.31 bits per heavy atom. The fourth-order valence-corrected chi connectivity index (χ4v) is 2.21. The molecule has 0 radical (unpaired) electrons. The van der Waals surface area contributed by atoms with E-state index in [4.69, 9.17) is 4.74 Å². The average molecular weight is 219 g/mol. The molecule has 1 aliphatic heterocycles. The van der Waals surface area contributed by atoms with Crippen LogP contribution in [0.4, 0.5) is 0 Å². The molecule has 88 valence electrons. The molecule has 1 fully saturated rings. The monoisotopic (exact) mass is 219 g/mol. The summed E-state index contributed by atoms with van der Waals surface area (Å²) < 4.78 is 5.64. The summed E-state index contributed by atoms with van der Waals surface area (Å²) in [6.45, 7) is 5.14. The van der Waals surface area contributed by atoms with Crippen molar-refractivity contribution >= 4 is 0 Å². The minimum atomic E-state index is 0.454. The molecule has 2 rings (SSSR count). The molecule has 0 saturated carbocycles. The SMILES string of the molecule is Cc1ccc(CN(C)C[C@H]2CCCO2)cc1. The lowest BCUT2D eigenvalue weighted by Crippen LogP contribution is -2.28. The summed E-state index contributed by atoms with van der Waals surface area (Å²) in [5.74, 6) is 0. The molecule has 16 heavy (non-hydrogen) atoms. The van der Waals surface area contributed by atoms with E-state index in [1.54, 1.807) is 0 Å². The molecule has 2 nitrogen and oxygen atoms in total. The largest absolute Gasteiger partial charge is 0.377 e. The summed E-state index contributed by atoms with van der Waals surface area (Å²) in [4.78, 5) is 2.35. The van der Waals surface area contributed by atoms with Crippen molar-refractivity contribution in [2.75, 3.05) is 20.2 Å². The van der Waals surface area contributed by atoms with Gasteiger partial charge in [-0.05, 0) is 32.4 Å². The van der Waals surface area contributed by atoms with Crippen LogP contribution < -0.4 is 0 Å². The van der Waals surface area contributed by atoms with Crippen LogP contribution in [0.1, 0.15) is 24.0 Å². The molecule has 0 amide bonds. The summed E-state index contributed by atoms with van der Waals surface area (Å²) in [7, 11) is 2.17. The number of rotatable bonds is 4. The van der Waals surface area contributed by atoms with Gasteiger partial charge in [-0.2, -0.15) is 0 Å². The molecule has 0 N–H and O–H groups in total. The molecule has 0 unspecified atom stereocenters. The van der Waals surface area contributed by atoms with Gasteiger partial charge in [0.1, 0.15) is 0 Å². The molecule has 0 spiro atoms. The van der Waals surface area contributed by atoms with Crippen molar-refractivity contribution in [1.82, 2.24) is 4.90 Å². The fourth-order valence-electron chi connectivity index (χ4n) is 2.21. The third kappa shape index (κ3) is 3.32. The number of ether oxygens (including phenoxy) is 1. The van der Waals surface area contributed by atoms with E-state index in [0.717, 1.165) is 19.7 Å². The first kappa shape index (κ1) is 11.6. The van der Waals surface area contributed by atoms with Crippen LogP contribution in [-0.2, 0) is 11.3 Å². The zero-order chi connectivity index (χ0) is 11.4. The number of hydrogen-bond donors (Lipinski definition) is 0. The van der Waals surface area contributed by atoms with Crippen LogP contribution in [0.25, 0.3) is 0 Å². The van der Waals surface area contributed by atoms with Crippen molar-refractivity contribution < 1.29 is 4.74 Å². The Balaban J connectivity index is 1.81. The van der Waals surface area contributed by atoms with Gasteiger partial charge in [-0.3, -0.25) is 4.90 Å². The lowest BCUT2D eigenvalue weighted by molar-refractivity contribution is 0.0793. The highest BCUT2D eigenvalue weighted by Crippen LogP contribution is 2.14. The Morgan fingerprint density at radius 3 is 2.69 bits per heavy atom. The van der Waals surface area contributed by atoms with Gasteiger partial charge in [-0.15, -0.1) is 0 Å². The Hall–Kier alpha value is -0.860. The smallest absolute Gasteiger partial charge is 0.0702 e. The molecule has 1 aromatic rings. The molecule has 1 aromatic carbocycles. The van der Waals surface area contributed by atoms with E-state index in [1.807, 2.05) is 0 Å². The molecule has 0 bridgehead atoms. The first-order chi connectivity index (χ1) is 7.74. The molecule has 0 aliphatic carbocycles. The van der Waals surface area contributed by atoms with Gasteiger partial charge in [0, 0.05) is 19.7 Å². The van der Waals surface area contributed by atoms with Crippen LogP contribution >= 0.6 is 0 Å². The zero-order valence-electron chi connectivity index (χ0n) is 10.3. The second kappa shape index (κ2) is 5.46. The third-order valence-corrected chi connectivity index (χ3v) is 3.11. The van der Waals surface area contributed by atoms with Crippen molar-refractivity contribution in [3.63, 3.8) is 0 Å². The van der Waals surface area contributed by atoms with E-state index in [9.17, 15) is 0 Å². The van der Waals surface area contributed by atoms with Gasteiger partial charge < -0.3 is 4.74 Å². The quantitative estimate of drug-likeness (QED) is 0.772. The molecule has 1 aliphatic rings. The number of aryl methyl sites for hydroxylation is 1. The van der Waals surface area contributed by atoms with Gasteiger partial charge in [-0.25, -0.2) is 0 Å². The predicted octanol–water partition coefficient (Wildman–Crippen LogP) is 2.61. The van der Waals surface area contributed by atoms with Gasteiger partial charge in [0.05, 0.1) is 6.10 Å². The molecular weight excluding hydrogens is 198 g/mol. The summed E-state index contributed by atoms with van der Waals surface area (Å²) in [5, 5.41) is 0. The van der Waals surface area contributed by atoms with Gasteiger partial charge in [0.25, 0.3) is 0 Å². The maximum Gasteiger partial charge on any atom is 0.0702 e. The number of nitrogens with zero attached hydrogens (tertiary/aromatic N) is 1. The third-order valence-electron chi connectivity index (χ3n) is 3.11. The van der Waals surface area contributed by atoms with E-state index < -0.39 is 0 Å². The molecular formula is C14H21NO. The minimum absolute atomic E-state index is 0.454. The Labute approximate surface area is 98.2 Å². The van der Waals surface area contributed by atoms with Crippen molar-refractivity contribution in [2.24, 2.45) is 0 Å². The topological polar surface area (TPSA) is 12.5 Å². The van der Waals surface area contributed by atoms with E-state index >= 15 is 0 Å². The first-order valence-electron chi connectivity index (χ1n) is 6.10. The molecule has 1 saturated heterocycles. The highest BCUT2D eigenvalue weighted by molar-refractivity contribution is 5.21. The standard InChI is InChI=1S/C14H21NO/c1-12-5-7-13(8-6-12)10-15(2)11-14-4-3-9-16-14/h5-8,14H,3-4,9-11H2,1-2H3/t14-/m1/s1. The number of hydrogen-bond acceptors (Lipinski definition) is 2. The van der Waals surface area contributed by atoms with E-state index in [0.29, 0.717) is 6.10 Å². The Morgan fingerprint density at radius 2 is 2.06 bits per heavy atom. The minimum Gasteiger partial charge on any atom is -0.377 e. The van der Waals surface area contributed by atoms with Gasteiger partial charge >= 0.3 is 0 Å². The number of benzene rings is 1. The second-order valence-electron chi connectivity index (χ2n) is 4.82. The predicted molar refractivity (Wildman–Crippen MR) is 66.5 cm³/mol. The molecule has 0 aromatic heterocycles. The lowest BCUT2D eigenvalue weighted by Gasteiger charge is -2.20. The van der Waals surface area contributed by atoms with E-state index in [1.165, 1.54) is 24.0 Å². The van der Waals surface area contributed by atoms with E-state index in [-0.39, 0.29) is 0 Å². The normalized spacial score (nSPS) is 20.6. The van der Waals surface area contributed by atoms with Crippen LogP contribution in [0.15, 0.2) is 24.3 Å². The maximum atomic E-state index is 5.64. The highest BCUT2D eigenvalue weighted by Gasteiger charge is 2.17. The molecule has 1 atom stereocenters. The van der Waals surface area contributed by atoms with Gasteiger partial charge in [0.2, 0.25) is 0 Å².